The molecule has 1 aromatic rings. The van der Waals surface area contributed by atoms with Crippen molar-refractivity contribution in [2.75, 3.05) is 24.2 Å². The highest BCUT2D eigenvalue weighted by Crippen LogP contribution is 2.36. The summed E-state index contributed by atoms with van der Waals surface area (Å²) in [4.78, 5) is 12.4. The highest BCUT2D eigenvalue weighted by molar-refractivity contribution is 7.99. The highest BCUT2D eigenvalue weighted by atomic mass is 35.5. The molecular weight excluding hydrogens is 387 g/mol. The van der Waals surface area contributed by atoms with Gasteiger partial charge in [-0.25, -0.2) is 8.78 Å². The van der Waals surface area contributed by atoms with Crippen molar-refractivity contribution in [2.24, 2.45) is 5.92 Å². The molecule has 142 valence electrons. The number of carbonyl (C=O) groups excluding carboxylic acids is 1. The molecule has 1 unspecified atom stereocenters. The number of alkyl halides is 5. The van der Waals surface area contributed by atoms with Gasteiger partial charge in [-0.15, -0.1) is 24.2 Å². The van der Waals surface area contributed by atoms with E-state index in [1.165, 1.54) is 0 Å². The molecule has 1 amide bonds. The predicted octanol–water partition coefficient (Wildman–Crippen LogP) is 4.42. The Hall–Kier alpha value is -1.06. The molecule has 0 spiro atoms. The van der Waals surface area contributed by atoms with Crippen LogP contribution in [0, 0.1) is 5.92 Å². The highest BCUT2D eigenvalue weighted by Gasteiger charge is 2.31. The number of halogens is 6. The van der Waals surface area contributed by atoms with E-state index < -0.39 is 29.8 Å². The molecule has 3 nitrogen and oxygen atoms in total. The number of thioether (sulfide) groups is 1. The quantitative estimate of drug-likeness (QED) is 0.563. The lowest BCUT2D eigenvalue weighted by Crippen LogP contribution is -2.37. The van der Waals surface area contributed by atoms with Crippen LogP contribution in [-0.2, 0) is 11.0 Å². The minimum Gasteiger partial charge on any atom is -0.325 e. The summed E-state index contributed by atoms with van der Waals surface area (Å²) in [6.07, 6.45) is -5.73. The number of hydrogen-bond donors (Lipinski definition) is 2. The Balaban J connectivity index is 0.00000312. The first-order valence-corrected chi connectivity index (χ1v) is 8.39. The van der Waals surface area contributed by atoms with Crippen LogP contribution >= 0.6 is 24.2 Å². The van der Waals surface area contributed by atoms with Crippen molar-refractivity contribution >= 4 is 35.8 Å². The molecule has 2 N–H and O–H groups in total. The Morgan fingerprint density at radius 3 is 2.64 bits per heavy atom. The maximum atomic E-state index is 12.9. The SMILES string of the molecule is Cl.O=C(Nc1cc(C(F)(F)F)ccc1SCC(F)F)C1CCCNC1. The smallest absolute Gasteiger partial charge is 0.325 e. The Labute approximate surface area is 152 Å². The van der Waals surface area contributed by atoms with Crippen LogP contribution in [0.4, 0.5) is 27.6 Å². The fraction of sp³-hybridized carbons (Fsp3) is 0.533. The van der Waals surface area contributed by atoms with Gasteiger partial charge < -0.3 is 10.6 Å². The van der Waals surface area contributed by atoms with Gasteiger partial charge in [-0.2, -0.15) is 13.2 Å². The Kier molecular flexibility index (Phi) is 8.43. The summed E-state index contributed by atoms with van der Waals surface area (Å²) < 4.78 is 63.3. The van der Waals surface area contributed by atoms with Gasteiger partial charge in [0.25, 0.3) is 0 Å². The Morgan fingerprint density at radius 2 is 2.08 bits per heavy atom. The van der Waals surface area contributed by atoms with Crippen molar-refractivity contribution in [3.63, 3.8) is 0 Å². The van der Waals surface area contributed by atoms with E-state index in [-0.39, 0.29) is 28.9 Å². The van der Waals surface area contributed by atoms with Gasteiger partial charge in [0, 0.05) is 11.4 Å². The van der Waals surface area contributed by atoms with Crippen LogP contribution in [0.3, 0.4) is 0 Å². The lowest BCUT2D eigenvalue weighted by molar-refractivity contribution is -0.137. The van der Waals surface area contributed by atoms with E-state index in [2.05, 4.69) is 10.6 Å². The first-order chi connectivity index (χ1) is 11.3. The fourth-order valence-corrected chi connectivity index (χ4v) is 3.13. The molecule has 0 aliphatic carbocycles. The van der Waals surface area contributed by atoms with Gasteiger partial charge in [-0.05, 0) is 37.6 Å². The van der Waals surface area contributed by atoms with Crippen molar-refractivity contribution in [1.82, 2.24) is 5.32 Å². The number of rotatable bonds is 5. The molecule has 1 atom stereocenters. The third-order valence-corrected chi connectivity index (χ3v) is 4.68. The van der Waals surface area contributed by atoms with Crippen LogP contribution in [0.2, 0.25) is 0 Å². The van der Waals surface area contributed by atoms with Gasteiger partial charge in [-0.1, -0.05) is 0 Å². The van der Waals surface area contributed by atoms with Crippen LogP contribution in [-0.4, -0.2) is 31.2 Å². The number of amides is 1. The molecule has 1 saturated heterocycles. The largest absolute Gasteiger partial charge is 0.416 e. The van der Waals surface area contributed by atoms with E-state index in [9.17, 15) is 26.7 Å². The maximum absolute atomic E-state index is 12.9. The summed E-state index contributed by atoms with van der Waals surface area (Å²) in [5, 5.41) is 5.52. The van der Waals surface area contributed by atoms with Gasteiger partial charge >= 0.3 is 6.18 Å². The van der Waals surface area contributed by atoms with Crippen molar-refractivity contribution in [1.29, 1.82) is 0 Å². The standard InChI is InChI=1S/C15H17F5N2OS.ClH/c16-13(17)8-24-12-4-3-10(15(18,19)20)6-11(12)22-14(23)9-2-1-5-21-7-9;/h3-4,6,9,13,21H,1-2,5,7-8H2,(H,22,23);1H. The van der Waals surface area contributed by atoms with Gasteiger partial charge in [0.1, 0.15) is 0 Å². The number of benzene rings is 1. The first-order valence-electron chi connectivity index (χ1n) is 7.41. The predicted molar refractivity (Wildman–Crippen MR) is 89.6 cm³/mol. The second kappa shape index (κ2) is 9.59. The van der Waals surface area contributed by atoms with Crippen LogP contribution in [0.5, 0.6) is 0 Å². The molecule has 10 heteroatoms. The molecule has 1 aromatic carbocycles. The van der Waals surface area contributed by atoms with Crippen LogP contribution in [0.15, 0.2) is 23.1 Å². The van der Waals surface area contributed by atoms with Crippen molar-refractivity contribution < 1.29 is 26.7 Å². The monoisotopic (exact) mass is 404 g/mol. The summed E-state index contributed by atoms with van der Waals surface area (Å²) in [5.41, 5.74) is -1.01. The fourth-order valence-electron chi connectivity index (χ4n) is 2.39. The second-order valence-corrected chi connectivity index (χ2v) is 6.51. The molecule has 0 radical (unpaired) electrons. The van der Waals surface area contributed by atoms with E-state index in [4.69, 9.17) is 0 Å². The van der Waals surface area contributed by atoms with Gasteiger partial charge in [-0.3, -0.25) is 4.79 Å². The van der Waals surface area contributed by atoms with Gasteiger partial charge in [0.15, 0.2) is 0 Å². The molecular formula is C15H18ClF5N2OS. The maximum Gasteiger partial charge on any atom is 0.416 e. The molecule has 0 saturated carbocycles. The number of piperidine rings is 1. The van der Waals surface area contributed by atoms with Gasteiger partial charge in [0.2, 0.25) is 12.3 Å². The molecule has 1 fully saturated rings. The average Bonchev–Trinajstić information content (AvgIpc) is 2.53. The average molecular weight is 405 g/mol. The number of hydrogen-bond acceptors (Lipinski definition) is 3. The van der Waals surface area contributed by atoms with E-state index in [1.54, 1.807) is 0 Å². The third kappa shape index (κ3) is 6.63. The minimum absolute atomic E-state index is 0. The Morgan fingerprint density at radius 1 is 1.36 bits per heavy atom. The zero-order valence-electron chi connectivity index (χ0n) is 13.0. The van der Waals surface area contributed by atoms with Crippen molar-refractivity contribution in [3.05, 3.63) is 23.8 Å². The topological polar surface area (TPSA) is 41.1 Å². The first kappa shape index (κ1) is 22.0. The molecule has 2 rings (SSSR count). The van der Waals surface area contributed by atoms with E-state index in [0.29, 0.717) is 24.7 Å². The van der Waals surface area contributed by atoms with Crippen LogP contribution in [0.1, 0.15) is 18.4 Å². The lowest BCUT2D eigenvalue weighted by atomic mass is 9.98. The summed E-state index contributed by atoms with van der Waals surface area (Å²) >= 11 is 0.715. The number of nitrogens with one attached hydrogen (secondary N) is 2. The molecule has 1 heterocycles. The normalized spacial score (nSPS) is 17.9. The van der Waals surface area contributed by atoms with Crippen LogP contribution in [0.25, 0.3) is 0 Å². The van der Waals surface area contributed by atoms with Crippen molar-refractivity contribution in [3.8, 4) is 0 Å². The molecule has 0 bridgehead atoms. The lowest BCUT2D eigenvalue weighted by Gasteiger charge is -2.23. The van der Waals surface area contributed by atoms with E-state index >= 15 is 0 Å². The van der Waals surface area contributed by atoms with E-state index in [0.717, 1.165) is 31.2 Å². The molecule has 1 aliphatic heterocycles. The van der Waals surface area contributed by atoms with Gasteiger partial charge in [0.05, 0.1) is 22.9 Å². The van der Waals surface area contributed by atoms with Crippen LogP contribution < -0.4 is 10.6 Å². The summed E-state index contributed by atoms with van der Waals surface area (Å²) in [7, 11) is 0. The zero-order chi connectivity index (χ0) is 17.7. The second-order valence-electron chi connectivity index (χ2n) is 5.44. The molecule has 1 aliphatic rings. The summed E-state index contributed by atoms with van der Waals surface area (Å²) in [6.45, 7) is 1.24. The Bertz CT molecular complexity index is 580. The summed E-state index contributed by atoms with van der Waals surface area (Å²) in [6, 6.07) is 2.73. The molecule has 25 heavy (non-hydrogen) atoms. The zero-order valence-corrected chi connectivity index (χ0v) is 14.7. The van der Waals surface area contributed by atoms with Crippen molar-refractivity contribution in [2.45, 2.75) is 30.3 Å². The minimum atomic E-state index is -4.57. The van der Waals surface area contributed by atoms with E-state index in [1.807, 2.05) is 0 Å². The number of carbonyl (C=O) groups is 1. The third-order valence-electron chi connectivity index (χ3n) is 3.60. The molecule has 0 aromatic heterocycles. The number of anilines is 1. The summed E-state index contributed by atoms with van der Waals surface area (Å²) in [5.74, 6) is -1.30.